The van der Waals surface area contributed by atoms with Crippen LogP contribution < -0.4 is 15.8 Å². The van der Waals surface area contributed by atoms with E-state index in [1.807, 2.05) is 0 Å². The van der Waals surface area contributed by atoms with Crippen LogP contribution in [0.25, 0.3) is 0 Å². The Kier molecular flexibility index (Phi) is 1.62. The summed E-state index contributed by atoms with van der Waals surface area (Å²) in [4.78, 5) is 11.1. The van der Waals surface area contributed by atoms with Crippen LogP contribution in [0.2, 0.25) is 0 Å². The Bertz CT molecular complexity index is 374. The lowest BCUT2D eigenvalue weighted by Gasteiger charge is -2.06. The third kappa shape index (κ3) is 1.20. The molecule has 0 aliphatic carbocycles. The zero-order valence-corrected chi connectivity index (χ0v) is 7.26. The highest BCUT2D eigenvalue weighted by Gasteiger charge is 2.21. The van der Waals surface area contributed by atoms with Gasteiger partial charge in [-0.1, -0.05) is 0 Å². The van der Waals surface area contributed by atoms with Crippen molar-refractivity contribution >= 4 is 17.3 Å². The van der Waals surface area contributed by atoms with E-state index in [1.54, 1.807) is 19.2 Å². The molecule has 4 nitrogen and oxygen atoms in total. The predicted octanol–water partition coefficient (Wildman–Crippen LogP) is 0.772. The average molecular weight is 178 g/mol. The van der Waals surface area contributed by atoms with Crippen molar-refractivity contribution in [2.24, 2.45) is 0 Å². The Hall–Kier alpha value is -1.71. The fraction of sp³-hybridized carbons (Fsp3) is 0.222. The van der Waals surface area contributed by atoms with Gasteiger partial charge in [-0.15, -0.1) is 0 Å². The molecule has 68 valence electrons. The summed E-state index contributed by atoms with van der Waals surface area (Å²) in [5.74, 6) is 0.659. The quantitative estimate of drug-likeness (QED) is 0.624. The van der Waals surface area contributed by atoms with Crippen LogP contribution in [0, 0.1) is 0 Å². The average Bonchev–Trinajstić information content (AvgIpc) is 2.43. The number of nitrogen functional groups attached to an aromatic ring is 1. The summed E-state index contributed by atoms with van der Waals surface area (Å²) < 4.78 is 5.11. The zero-order valence-electron chi connectivity index (χ0n) is 7.26. The van der Waals surface area contributed by atoms with Crippen LogP contribution in [0.4, 0.5) is 11.4 Å². The zero-order chi connectivity index (χ0) is 9.42. The number of nitrogens with two attached hydrogens (primary N) is 1. The number of fused-ring (bicyclic) bond motifs is 1. The van der Waals surface area contributed by atoms with Gasteiger partial charge in [0.05, 0.1) is 19.2 Å². The molecule has 0 spiro atoms. The lowest BCUT2D eigenvalue weighted by Crippen LogP contribution is -2.03. The molecule has 2 rings (SSSR count). The van der Waals surface area contributed by atoms with Crippen LogP contribution in [0.15, 0.2) is 12.1 Å². The number of hydrogen-bond acceptors (Lipinski definition) is 3. The third-order valence-corrected chi connectivity index (χ3v) is 2.06. The highest BCUT2D eigenvalue weighted by Crippen LogP contribution is 2.33. The van der Waals surface area contributed by atoms with E-state index in [0.717, 1.165) is 11.3 Å². The molecule has 1 aliphatic rings. The SMILES string of the molecule is COc1cc(N)cc2c1CC(=O)N2. The smallest absolute Gasteiger partial charge is 0.229 e. The van der Waals surface area contributed by atoms with Crippen LogP contribution in [0.1, 0.15) is 5.56 Å². The van der Waals surface area contributed by atoms with Gasteiger partial charge in [-0.3, -0.25) is 4.79 Å². The molecule has 1 aromatic rings. The molecule has 0 bridgehead atoms. The molecule has 1 aromatic carbocycles. The largest absolute Gasteiger partial charge is 0.496 e. The number of rotatable bonds is 1. The van der Waals surface area contributed by atoms with Gasteiger partial charge in [0.25, 0.3) is 0 Å². The number of hydrogen-bond donors (Lipinski definition) is 2. The molecule has 0 saturated heterocycles. The van der Waals surface area contributed by atoms with Crippen molar-refractivity contribution in [1.82, 2.24) is 0 Å². The summed E-state index contributed by atoms with van der Waals surface area (Å²) in [7, 11) is 1.57. The van der Waals surface area contributed by atoms with E-state index in [4.69, 9.17) is 10.5 Å². The van der Waals surface area contributed by atoms with Crippen molar-refractivity contribution in [3.8, 4) is 5.75 Å². The lowest BCUT2D eigenvalue weighted by atomic mass is 10.1. The van der Waals surface area contributed by atoms with E-state index in [1.165, 1.54) is 0 Å². The minimum absolute atomic E-state index is 0.0149. The second-order valence-electron chi connectivity index (χ2n) is 2.97. The van der Waals surface area contributed by atoms with Gasteiger partial charge in [0, 0.05) is 17.3 Å². The fourth-order valence-electron chi connectivity index (χ4n) is 1.50. The molecule has 0 aromatic heterocycles. The standard InChI is InChI=1S/C9H10N2O2/c1-13-8-3-5(10)2-7-6(8)4-9(12)11-7/h2-3H,4,10H2,1H3,(H,11,12). The van der Waals surface area contributed by atoms with Crippen molar-refractivity contribution in [3.05, 3.63) is 17.7 Å². The van der Waals surface area contributed by atoms with Crippen molar-refractivity contribution in [1.29, 1.82) is 0 Å². The summed E-state index contributed by atoms with van der Waals surface area (Å²) in [5, 5.41) is 2.71. The molecule has 1 amide bonds. The highest BCUT2D eigenvalue weighted by atomic mass is 16.5. The second-order valence-corrected chi connectivity index (χ2v) is 2.97. The van der Waals surface area contributed by atoms with Gasteiger partial charge in [-0.2, -0.15) is 0 Å². The highest BCUT2D eigenvalue weighted by molar-refractivity contribution is 6.00. The maximum absolute atomic E-state index is 11.1. The molecule has 1 heterocycles. The van der Waals surface area contributed by atoms with E-state index < -0.39 is 0 Å². The number of carbonyl (C=O) groups is 1. The number of nitrogens with one attached hydrogen (secondary N) is 1. The van der Waals surface area contributed by atoms with Gasteiger partial charge in [0.15, 0.2) is 0 Å². The second kappa shape index (κ2) is 2.65. The van der Waals surface area contributed by atoms with E-state index in [9.17, 15) is 4.79 Å². The van der Waals surface area contributed by atoms with Gasteiger partial charge in [0.2, 0.25) is 5.91 Å². The monoisotopic (exact) mass is 178 g/mol. The normalized spacial score (nSPS) is 13.8. The fourth-order valence-corrected chi connectivity index (χ4v) is 1.50. The van der Waals surface area contributed by atoms with Crippen LogP contribution in [-0.4, -0.2) is 13.0 Å². The van der Waals surface area contributed by atoms with Gasteiger partial charge >= 0.3 is 0 Å². The summed E-state index contributed by atoms with van der Waals surface area (Å²) in [6.07, 6.45) is 0.374. The first-order valence-corrected chi connectivity index (χ1v) is 3.97. The van der Waals surface area contributed by atoms with Gasteiger partial charge in [-0.25, -0.2) is 0 Å². The van der Waals surface area contributed by atoms with E-state index in [0.29, 0.717) is 17.9 Å². The molecule has 4 heteroatoms. The molecule has 3 N–H and O–H groups in total. The molecular weight excluding hydrogens is 168 g/mol. The third-order valence-electron chi connectivity index (χ3n) is 2.06. The number of anilines is 2. The molecule has 0 atom stereocenters. The van der Waals surface area contributed by atoms with E-state index in [2.05, 4.69) is 5.32 Å². The first-order chi connectivity index (χ1) is 6.20. The summed E-state index contributed by atoms with van der Waals surface area (Å²) in [6.45, 7) is 0. The van der Waals surface area contributed by atoms with Gasteiger partial charge < -0.3 is 15.8 Å². The van der Waals surface area contributed by atoms with Crippen molar-refractivity contribution in [3.63, 3.8) is 0 Å². The van der Waals surface area contributed by atoms with Crippen LogP contribution in [0.5, 0.6) is 5.75 Å². The van der Waals surface area contributed by atoms with Crippen molar-refractivity contribution < 1.29 is 9.53 Å². The predicted molar refractivity (Wildman–Crippen MR) is 49.7 cm³/mol. The Morgan fingerprint density at radius 2 is 2.31 bits per heavy atom. The molecule has 13 heavy (non-hydrogen) atoms. The number of amides is 1. The first kappa shape index (κ1) is 7.91. The summed E-state index contributed by atoms with van der Waals surface area (Å²) >= 11 is 0. The molecule has 0 radical (unpaired) electrons. The van der Waals surface area contributed by atoms with Crippen LogP contribution in [0.3, 0.4) is 0 Å². The Labute approximate surface area is 75.7 Å². The number of carbonyl (C=O) groups excluding carboxylic acids is 1. The van der Waals surface area contributed by atoms with Gasteiger partial charge in [-0.05, 0) is 6.07 Å². The minimum Gasteiger partial charge on any atom is -0.496 e. The molecule has 0 fully saturated rings. The Morgan fingerprint density at radius 1 is 1.54 bits per heavy atom. The van der Waals surface area contributed by atoms with Crippen LogP contribution in [-0.2, 0) is 11.2 Å². The molecule has 0 unspecified atom stereocenters. The first-order valence-electron chi connectivity index (χ1n) is 3.97. The number of methoxy groups -OCH3 is 1. The van der Waals surface area contributed by atoms with Crippen LogP contribution >= 0.6 is 0 Å². The summed E-state index contributed by atoms with van der Waals surface area (Å²) in [6, 6.07) is 3.46. The maximum Gasteiger partial charge on any atom is 0.229 e. The minimum atomic E-state index is -0.0149. The van der Waals surface area contributed by atoms with E-state index in [-0.39, 0.29) is 5.91 Å². The number of benzene rings is 1. The molecular formula is C9H10N2O2. The number of ether oxygens (including phenoxy) is 1. The Balaban J connectivity index is 2.56. The molecule has 0 saturated carbocycles. The van der Waals surface area contributed by atoms with Crippen molar-refractivity contribution in [2.45, 2.75) is 6.42 Å². The topological polar surface area (TPSA) is 64.3 Å². The maximum atomic E-state index is 11.1. The van der Waals surface area contributed by atoms with Gasteiger partial charge in [0.1, 0.15) is 5.75 Å². The summed E-state index contributed by atoms with van der Waals surface area (Å²) in [5.41, 5.74) is 7.87. The van der Waals surface area contributed by atoms with Crippen molar-refractivity contribution in [2.75, 3.05) is 18.2 Å². The molecule has 1 aliphatic heterocycles. The lowest BCUT2D eigenvalue weighted by molar-refractivity contribution is -0.115. The Morgan fingerprint density at radius 3 is 3.00 bits per heavy atom. The van der Waals surface area contributed by atoms with E-state index >= 15 is 0 Å².